The highest BCUT2D eigenvalue weighted by atomic mass is 16.5. The van der Waals surface area contributed by atoms with Gasteiger partial charge in [-0.3, -0.25) is 0 Å². The lowest BCUT2D eigenvalue weighted by molar-refractivity contribution is 0.416. The van der Waals surface area contributed by atoms with Crippen LogP contribution in [0, 0.1) is 13.8 Å². The van der Waals surface area contributed by atoms with Crippen molar-refractivity contribution in [2.45, 2.75) is 20.8 Å². The fourth-order valence-corrected chi connectivity index (χ4v) is 2.79. The van der Waals surface area contributed by atoms with Crippen molar-refractivity contribution in [1.29, 1.82) is 0 Å². The van der Waals surface area contributed by atoms with Gasteiger partial charge in [-0.1, -0.05) is 18.2 Å². The van der Waals surface area contributed by atoms with E-state index in [1.165, 1.54) is 5.56 Å². The largest absolute Gasteiger partial charge is 0.495 e. The van der Waals surface area contributed by atoms with E-state index in [1.54, 1.807) is 13.3 Å². The second-order valence-electron chi connectivity index (χ2n) is 6.05. The Labute approximate surface area is 153 Å². The van der Waals surface area contributed by atoms with Crippen LogP contribution < -0.4 is 15.0 Å². The maximum absolute atomic E-state index is 5.41. The Morgan fingerprint density at radius 3 is 2.62 bits per heavy atom. The molecule has 0 bridgehead atoms. The summed E-state index contributed by atoms with van der Waals surface area (Å²) in [7, 11) is 1.64. The Balaban J connectivity index is 1.92. The molecule has 2 aromatic carbocycles. The molecule has 0 aliphatic heterocycles. The van der Waals surface area contributed by atoms with Crippen LogP contribution in [0.4, 0.5) is 23.1 Å². The zero-order chi connectivity index (χ0) is 18.5. The van der Waals surface area contributed by atoms with Gasteiger partial charge in [0.2, 0.25) is 5.95 Å². The first-order chi connectivity index (χ1) is 12.6. The van der Waals surface area contributed by atoms with E-state index < -0.39 is 0 Å². The van der Waals surface area contributed by atoms with E-state index in [2.05, 4.69) is 57.4 Å². The number of aryl methyl sites for hydroxylation is 2. The van der Waals surface area contributed by atoms with Gasteiger partial charge < -0.3 is 15.0 Å². The lowest BCUT2D eigenvalue weighted by Crippen LogP contribution is -2.18. The van der Waals surface area contributed by atoms with Gasteiger partial charge in [-0.25, -0.2) is 0 Å². The molecule has 0 amide bonds. The smallest absolute Gasteiger partial charge is 0.249 e. The summed E-state index contributed by atoms with van der Waals surface area (Å²) in [4.78, 5) is 6.73. The molecule has 6 nitrogen and oxygen atoms in total. The first-order valence-electron chi connectivity index (χ1n) is 8.56. The molecular weight excluding hydrogens is 326 g/mol. The summed E-state index contributed by atoms with van der Waals surface area (Å²) >= 11 is 0. The monoisotopic (exact) mass is 349 g/mol. The highest BCUT2D eigenvalue weighted by Crippen LogP contribution is 2.29. The van der Waals surface area contributed by atoms with Crippen LogP contribution in [0.3, 0.4) is 0 Å². The molecule has 3 rings (SSSR count). The van der Waals surface area contributed by atoms with Gasteiger partial charge in [0.05, 0.1) is 19.0 Å². The summed E-state index contributed by atoms with van der Waals surface area (Å²) in [6.45, 7) is 6.96. The van der Waals surface area contributed by atoms with Crippen molar-refractivity contribution in [2.75, 3.05) is 23.9 Å². The Bertz CT molecular complexity index is 897. The van der Waals surface area contributed by atoms with E-state index in [4.69, 9.17) is 4.74 Å². The van der Waals surface area contributed by atoms with Gasteiger partial charge in [-0.15, -0.1) is 5.10 Å². The summed E-state index contributed by atoms with van der Waals surface area (Å²) in [6.07, 6.45) is 1.67. The SMILES string of the molecule is CCN(c1cccc(C)c1)c1cnnc(Nc2cc(C)ccc2OC)n1. The highest BCUT2D eigenvalue weighted by molar-refractivity contribution is 5.65. The van der Waals surface area contributed by atoms with E-state index in [-0.39, 0.29) is 0 Å². The number of rotatable bonds is 6. The molecule has 6 heteroatoms. The zero-order valence-corrected chi connectivity index (χ0v) is 15.5. The van der Waals surface area contributed by atoms with Crippen molar-refractivity contribution in [3.8, 4) is 5.75 Å². The van der Waals surface area contributed by atoms with Crippen LogP contribution in [0.1, 0.15) is 18.1 Å². The van der Waals surface area contributed by atoms with E-state index in [9.17, 15) is 0 Å². The average Bonchev–Trinajstić information content (AvgIpc) is 2.63. The summed E-state index contributed by atoms with van der Waals surface area (Å²) in [5, 5.41) is 11.4. The first kappa shape index (κ1) is 17.7. The first-order valence-corrected chi connectivity index (χ1v) is 8.56. The average molecular weight is 349 g/mol. The maximum atomic E-state index is 5.41. The molecule has 134 valence electrons. The Morgan fingerprint density at radius 1 is 1.08 bits per heavy atom. The maximum Gasteiger partial charge on any atom is 0.249 e. The molecule has 0 aliphatic carbocycles. The predicted molar refractivity (Wildman–Crippen MR) is 105 cm³/mol. The van der Waals surface area contributed by atoms with Gasteiger partial charge in [-0.2, -0.15) is 10.1 Å². The van der Waals surface area contributed by atoms with Crippen LogP contribution in [0.2, 0.25) is 0 Å². The molecule has 1 aromatic heterocycles. The molecular formula is C20H23N5O. The standard InChI is InChI=1S/C20H23N5O/c1-5-25(16-8-6-7-14(2)11-16)19-13-21-24-20(23-19)22-17-12-15(3)9-10-18(17)26-4/h6-13H,5H2,1-4H3,(H,22,23,24). The predicted octanol–water partition coefficient (Wildman–Crippen LogP) is 4.40. The van der Waals surface area contributed by atoms with Gasteiger partial charge >= 0.3 is 0 Å². The minimum absolute atomic E-state index is 0.428. The molecule has 1 N–H and O–H groups in total. The molecule has 0 radical (unpaired) electrons. The molecule has 3 aromatic rings. The number of benzene rings is 2. The lowest BCUT2D eigenvalue weighted by Gasteiger charge is -2.22. The third kappa shape index (κ3) is 3.91. The summed E-state index contributed by atoms with van der Waals surface area (Å²) in [5.74, 6) is 1.90. The topological polar surface area (TPSA) is 63.2 Å². The van der Waals surface area contributed by atoms with E-state index in [1.807, 2.05) is 31.2 Å². The molecule has 26 heavy (non-hydrogen) atoms. The second-order valence-corrected chi connectivity index (χ2v) is 6.05. The number of methoxy groups -OCH3 is 1. The number of nitrogens with one attached hydrogen (secondary N) is 1. The van der Waals surface area contributed by atoms with Crippen molar-refractivity contribution >= 4 is 23.1 Å². The van der Waals surface area contributed by atoms with Crippen LogP contribution in [0.15, 0.2) is 48.7 Å². The zero-order valence-electron chi connectivity index (χ0n) is 15.5. The van der Waals surface area contributed by atoms with Crippen molar-refractivity contribution in [3.05, 3.63) is 59.8 Å². The van der Waals surface area contributed by atoms with Gasteiger partial charge in [0.15, 0.2) is 5.82 Å². The van der Waals surface area contributed by atoms with Gasteiger partial charge in [-0.05, 0) is 56.2 Å². The molecule has 0 saturated heterocycles. The Morgan fingerprint density at radius 2 is 1.88 bits per heavy atom. The minimum Gasteiger partial charge on any atom is -0.495 e. The number of aromatic nitrogens is 3. The van der Waals surface area contributed by atoms with Crippen molar-refractivity contribution < 1.29 is 4.74 Å². The van der Waals surface area contributed by atoms with Crippen LogP contribution >= 0.6 is 0 Å². The fraction of sp³-hybridized carbons (Fsp3) is 0.250. The van der Waals surface area contributed by atoms with Crippen LogP contribution in [0.5, 0.6) is 5.75 Å². The summed E-state index contributed by atoms with van der Waals surface area (Å²) in [5.41, 5.74) is 4.20. The quantitative estimate of drug-likeness (QED) is 0.712. The van der Waals surface area contributed by atoms with Crippen LogP contribution in [-0.2, 0) is 0 Å². The van der Waals surface area contributed by atoms with Crippen LogP contribution in [-0.4, -0.2) is 28.8 Å². The third-order valence-electron chi connectivity index (χ3n) is 4.05. The molecule has 0 atom stereocenters. The minimum atomic E-state index is 0.428. The normalized spacial score (nSPS) is 10.5. The van der Waals surface area contributed by atoms with Crippen molar-refractivity contribution in [1.82, 2.24) is 15.2 Å². The van der Waals surface area contributed by atoms with E-state index in [0.29, 0.717) is 5.95 Å². The Kier molecular flexibility index (Phi) is 5.31. The fourth-order valence-electron chi connectivity index (χ4n) is 2.79. The molecule has 0 saturated carbocycles. The molecule has 0 spiro atoms. The Hall–Kier alpha value is -3.15. The summed E-state index contributed by atoms with van der Waals surface area (Å²) < 4.78 is 5.41. The number of hydrogen-bond donors (Lipinski definition) is 1. The van der Waals surface area contributed by atoms with Gasteiger partial charge in [0.25, 0.3) is 0 Å². The van der Waals surface area contributed by atoms with E-state index >= 15 is 0 Å². The highest BCUT2D eigenvalue weighted by Gasteiger charge is 2.12. The second kappa shape index (κ2) is 7.82. The number of nitrogens with zero attached hydrogens (tertiary/aromatic N) is 4. The van der Waals surface area contributed by atoms with Crippen molar-refractivity contribution in [2.24, 2.45) is 0 Å². The van der Waals surface area contributed by atoms with Gasteiger partial charge in [0.1, 0.15) is 5.75 Å². The van der Waals surface area contributed by atoms with Gasteiger partial charge in [0, 0.05) is 12.2 Å². The molecule has 0 aliphatic rings. The molecule has 0 unspecified atom stereocenters. The van der Waals surface area contributed by atoms with E-state index in [0.717, 1.165) is 35.1 Å². The number of ether oxygens (including phenoxy) is 1. The number of anilines is 4. The van der Waals surface area contributed by atoms with Crippen LogP contribution in [0.25, 0.3) is 0 Å². The number of hydrogen-bond acceptors (Lipinski definition) is 6. The molecule has 0 fully saturated rings. The third-order valence-corrected chi connectivity index (χ3v) is 4.05. The molecule has 1 heterocycles. The van der Waals surface area contributed by atoms with Crippen molar-refractivity contribution in [3.63, 3.8) is 0 Å². The summed E-state index contributed by atoms with van der Waals surface area (Å²) in [6, 6.07) is 14.2. The lowest BCUT2D eigenvalue weighted by atomic mass is 10.2.